The predicted molar refractivity (Wildman–Crippen MR) is 100 cm³/mol. The molecule has 0 aliphatic carbocycles. The number of carbonyl (C=O) groups is 1. The van der Waals surface area contributed by atoms with Gasteiger partial charge in [0.2, 0.25) is 6.79 Å². The molecule has 1 N–H and O–H groups in total. The van der Waals surface area contributed by atoms with Gasteiger partial charge in [0.15, 0.2) is 23.0 Å². The Morgan fingerprint density at radius 1 is 0.857 bits per heavy atom. The van der Waals surface area contributed by atoms with Crippen molar-refractivity contribution >= 4 is 5.91 Å². The molecule has 146 valence electrons. The summed E-state index contributed by atoms with van der Waals surface area (Å²) in [6.45, 7) is 5.62. The smallest absolute Gasteiger partial charge is 0.254 e. The summed E-state index contributed by atoms with van der Waals surface area (Å²) in [5.74, 6) is 3.06. The maximum absolute atomic E-state index is 12.9. The van der Waals surface area contributed by atoms with Crippen LogP contribution in [-0.4, -0.2) is 57.0 Å². The van der Waals surface area contributed by atoms with Crippen molar-refractivity contribution in [2.45, 2.75) is 6.54 Å². The quantitative estimate of drug-likeness (QED) is 0.847. The zero-order valence-corrected chi connectivity index (χ0v) is 15.6. The Morgan fingerprint density at radius 2 is 1.54 bits per heavy atom. The van der Waals surface area contributed by atoms with Crippen LogP contribution in [0.1, 0.15) is 15.9 Å². The predicted octanol–water partition coefficient (Wildman–Crippen LogP) is 0.727. The van der Waals surface area contributed by atoms with Crippen LogP contribution in [0.3, 0.4) is 0 Å². The highest BCUT2D eigenvalue weighted by Crippen LogP contribution is 2.32. The van der Waals surface area contributed by atoms with Crippen LogP contribution in [-0.2, 0) is 6.54 Å². The van der Waals surface area contributed by atoms with E-state index in [0.29, 0.717) is 37.1 Å². The highest BCUT2D eigenvalue weighted by atomic mass is 16.7. The molecule has 3 aliphatic rings. The van der Waals surface area contributed by atoms with Gasteiger partial charge in [0.1, 0.15) is 19.8 Å². The molecule has 5 rings (SSSR count). The van der Waals surface area contributed by atoms with Crippen molar-refractivity contribution in [1.82, 2.24) is 4.90 Å². The third-order valence-corrected chi connectivity index (χ3v) is 5.44. The summed E-state index contributed by atoms with van der Waals surface area (Å²) in [5.41, 5.74) is 1.88. The number of ether oxygens (including phenoxy) is 4. The second-order valence-corrected chi connectivity index (χ2v) is 7.27. The fourth-order valence-corrected chi connectivity index (χ4v) is 3.90. The number of quaternary nitrogens is 1. The topological polar surface area (TPSA) is 61.7 Å². The second-order valence-electron chi connectivity index (χ2n) is 7.27. The number of hydrogen-bond donors (Lipinski definition) is 1. The van der Waals surface area contributed by atoms with Gasteiger partial charge in [-0.2, -0.15) is 0 Å². The Kier molecular flexibility index (Phi) is 4.44. The van der Waals surface area contributed by atoms with E-state index in [0.717, 1.165) is 44.2 Å². The van der Waals surface area contributed by atoms with Gasteiger partial charge >= 0.3 is 0 Å². The number of nitrogens with one attached hydrogen (secondary N) is 1. The molecule has 0 bridgehead atoms. The van der Waals surface area contributed by atoms with Crippen molar-refractivity contribution in [2.24, 2.45) is 0 Å². The first kappa shape index (κ1) is 17.2. The lowest BCUT2D eigenvalue weighted by Gasteiger charge is -2.32. The fourth-order valence-electron chi connectivity index (χ4n) is 3.90. The molecular formula is C21H23N2O5+. The summed E-state index contributed by atoms with van der Waals surface area (Å²) in [4.78, 5) is 16.3. The van der Waals surface area contributed by atoms with Gasteiger partial charge in [-0.3, -0.25) is 4.79 Å². The summed E-state index contributed by atoms with van der Waals surface area (Å²) in [6.07, 6.45) is 0. The Labute approximate surface area is 163 Å². The lowest BCUT2D eigenvalue weighted by atomic mass is 10.1. The van der Waals surface area contributed by atoms with E-state index >= 15 is 0 Å². The van der Waals surface area contributed by atoms with Crippen molar-refractivity contribution in [2.75, 3.05) is 46.2 Å². The second kappa shape index (κ2) is 7.24. The van der Waals surface area contributed by atoms with E-state index in [1.165, 1.54) is 10.5 Å². The third-order valence-electron chi connectivity index (χ3n) is 5.44. The van der Waals surface area contributed by atoms with Crippen molar-refractivity contribution in [3.8, 4) is 23.0 Å². The van der Waals surface area contributed by atoms with Gasteiger partial charge in [-0.15, -0.1) is 0 Å². The summed E-state index contributed by atoms with van der Waals surface area (Å²) >= 11 is 0. The van der Waals surface area contributed by atoms with Gasteiger partial charge in [-0.25, -0.2) is 0 Å². The molecule has 1 amide bonds. The third kappa shape index (κ3) is 3.33. The van der Waals surface area contributed by atoms with E-state index in [4.69, 9.17) is 18.9 Å². The molecule has 1 fully saturated rings. The molecule has 28 heavy (non-hydrogen) atoms. The number of benzene rings is 2. The first-order valence-corrected chi connectivity index (χ1v) is 9.67. The fraction of sp³-hybridized carbons (Fsp3) is 0.381. The first-order valence-electron chi connectivity index (χ1n) is 9.67. The van der Waals surface area contributed by atoms with Crippen LogP contribution >= 0.6 is 0 Å². The summed E-state index contributed by atoms with van der Waals surface area (Å²) in [5, 5.41) is 0. The van der Waals surface area contributed by atoms with Gasteiger partial charge < -0.3 is 28.7 Å². The Balaban J connectivity index is 1.19. The standard InChI is InChI=1S/C21H22N2O5/c24-21(16-2-4-17-20(12-16)26-10-9-25-17)23-7-5-22(6-8-23)13-15-1-3-18-19(11-15)28-14-27-18/h1-4,11-12H,5-10,13-14H2/p+1. The number of amides is 1. The molecule has 3 aliphatic heterocycles. The normalized spacial score (nSPS) is 18.2. The van der Waals surface area contributed by atoms with Crippen molar-refractivity contribution in [1.29, 1.82) is 0 Å². The molecule has 0 spiro atoms. The molecule has 0 radical (unpaired) electrons. The van der Waals surface area contributed by atoms with Crippen LogP contribution in [0.4, 0.5) is 0 Å². The maximum atomic E-state index is 12.9. The largest absolute Gasteiger partial charge is 0.486 e. The van der Waals surface area contributed by atoms with Gasteiger partial charge in [-0.1, -0.05) is 0 Å². The monoisotopic (exact) mass is 383 g/mol. The number of carbonyl (C=O) groups excluding carboxylic acids is 1. The van der Waals surface area contributed by atoms with E-state index in [1.807, 2.05) is 23.1 Å². The molecule has 3 heterocycles. The number of nitrogens with zero attached hydrogens (tertiary/aromatic N) is 1. The molecule has 7 heteroatoms. The van der Waals surface area contributed by atoms with E-state index in [1.54, 1.807) is 6.07 Å². The van der Waals surface area contributed by atoms with Crippen LogP contribution in [0.5, 0.6) is 23.0 Å². The van der Waals surface area contributed by atoms with Crippen LogP contribution < -0.4 is 23.8 Å². The van der Waals surface area contributed by atoms with Crippen LogP contribution in [0.25, 0.3) is 0 Å². The molecule has 0 atom stereocenters. The van der Waals surface area contributed by atoms with Crippen molar-refractivity contribution < 1.29 is 28.6 Å². The van der Waals surface area contributed by atoms with Gasteiger partial charge in [0, 0.05) is 11.1 Å². The minimum absolute atomic E-state index is 0.0547. The molecular weight excluding hydrogens is 360 g/mol. The summed E-state index contributed by atoms with van der Waals surface area (Å²) in [6, 6.07) is 11.6. The van der Waals surface area contributed by atoms with E-state index < -0.39 is 0 Å². The van der Waals surface area contributed by atoms with E-state index in [9.17, 15) is 4.79 Å². The molecule has 0 aromatic heterocycles. The molecule has 2 aromatic carbocycles. The van der Waals surface area contributed by atoms with Crippen LogP contribution in [0.2, 0.25) is 0 Å². The van der Waals surface area contributed by atoms with Gasteiger partial charge in [0.05, 0.1) is 26.2 Å². The van der Waals surface area contributed by atoms with E-state index in [-0.39, 0.29) is 5.91 Å². The average Bonchev–Trinajstić information content (AvgIpc) is 3.21. The number of piperazine rings is 1. The molecule has 0 saturated carbocycles. The highest BCUT2D eigenvalue weighted by Gasteiger charge is 2.26. The molecule has 2 aromatic rings. The van der Waals surface area contributed by atoms with Gasteiger partial charge in [-0.05, 0) is 36.4 Å². The zero-order chi connectivity index (χ0) is 18.9. The number of hydrogen-bond acceptors (Lipinski definition) is 5. The van der Waals surface area contributed by atoms with Crippen molar-refractivity contribution in [3.63, 3.8) is 0 Å². The maximum Gasteiger partial charge on any atom is 0.254 e. The molecule has 1 saturated heterocycles. The highest BCUT2D eigenvalue weighted by molar-refractivity contribution is 5.95. The SMILES string of the molecule is O=C(c1ccc2c(c1)OCCO2)N1CC[NH+](Cc2ccc3c(c2)OCO3)CC1. The average molecular weight is 383 g/mol. The number of rotatable bonds is 3. The van der Waals surface area contributed by atoms with Crippen LogP contribution in [0.15, 0.2) is 36.4 Å². The lowest BCUT2D eigenvalue weighted by Crippen LogP contribution is -3.13. The first-order chi connectivity index (χ1) is 13.8. The van der Waals surface area contributed by atoms with E-state index in [2.05, 4.69) is 12.1 Å². The Morgan fingerprint density at radius 3 is 2.39 bits per heavy atom. The van der Waals surface area contributed by atoms with Crippen LogP contribution in [0, 0.1) is 0 Å². The zero-order valence-electron chi connectivity index (χ0n) is 15.6. The van der Waals surface area contributed by atoms with Crippen molar-refractivity contribution in [3.05, 3.63) is 47.5 Å². The Hall–Kier alpha value is -2.93. The number of fused-ring (bicyclic) bond motifs is 2. The lowest BCUT2D eigenvalue weighted by molar-refractivity contribution is -0.917. The molecule has 0 unspecified atom stereocenters. The minimum atomic E-state index is 0.0547. The summed E-state index contributed by atoms with van der Waals surface area (Å²) in [7, 11) is 0. The Bertz CT molecular complexity index is 892. The van der Waals surface area contributed by atoms with Gasteiger partial charge in [0.25, 0.3) is 5.91 Å². The molecule has 7 nitrogen and oxygen atoms in total. The minimum Gasteiger partial charge on any atom is -0.486 e. The summed E-state index contributed by atoms with van der Waals surface area (Å²) < 4.78 is 22.0.